The van der Waals surface area contributed by atoms with Crippen molar-refractivity contribution in [2.24, 2.45) is 0 Å². The molecule has 0 radical (unpaired) electrons. The summed E-state index contributed by atoms with van der Waals surface area (Å²) in [6, 6.07) is 61.2. The molecule has 0 unspecified atom stereocenters. The molecule has 0 saturated carbocycles. The molecule has 8 nitrogen and oxygen atoms in total. The van der Waals surface area contributed by atoms with Gasteiger partial charge in [-0.25, -0.2) is 18.6 Å². The average Bonchev–Trinajstić information content (AvgIpc) is 3.20. The van der Waals surface area contributed by atoms with Crippen molar-refractivity contribution in [1.29, 1.82) is 0 Å². The molecule has 0 atom stereocenters. The first kappa shape index (κ1) is 44.1. The Morgan fingerprint density at radius 2 is 0.537 bits per heavy atom. The molecule has 54 heavy (non-hydrogen) atoms. The van der Waals surface area contributed by atoms with Crippen molar-refractivity contribution in [2.75, 3.05) is 14.2 Å². The van der Waals surface area contributed by atoms with Gasteiger partial charge in [-0.1, -0.05) is 109 Å². The van der Waals surface area contributed by atoms with Crippen LogP contribution in [-0.2, 0) is 31.9 Å². The minimum absolute atomic E-state index is 0. The van der Waals surface area contributed by atoms with Crippen LogP contribution in [0.4, 0.5) is 0 Å². The van der Waals surface area contributed by atoms with E-state index in [2.05, 4.69) is 72.8 Å². The van der Waals surface area contributed by atoms with Gasteiger partial charge in [0, 0.05) is 0 Å². The van der Waals surface area contributed by atoms with Crippen LogP contribution in [0.2, 0.25) is 0 Å². The molecular weight excluding hydrogens is 927 g/mol. The van der Waals surface area contributed by atoms with Gasteiger partial charge in [-0.15, -0.1) is 10.2 Å². The van der Waals surface area contributed by atoms with Crippen LogP contribution < -0.4 is 60.7 Å². The molecule has 6 rings (SSSR count). The quantitative estimate of drug-likeness (QED) is 0.111. The van der Waals surface area contributed by atoms with Crippen molar-refractivity contribution >= 4 is 46.4 Å². The van der Waals surface area contributed by atoms with Crippen LogP contribution in [0, 0.1) is 10.2 Å². The molecule has 0 aliphatic heterocycles. The van der Waals surface area contributed by atoms with E-state index in [1.807, 2.05) is 109 Å². The Bertz CT molecular complexity index is 1660. The summed E-state index contributed by atoms with van der Waals surface area (Å²) in [6.45, 7) is 0. The molecule has 0 aromatic heterocycles. The summed E-state index contributed by atoms with van der Waals surface area (Å²) in [5.41, 5.74) is 0. The van der Waals surface area contributed by atoms with Crippen molar-refractivity contribution < 1.29 is 70.9 Å². The van der Waals surface area contributed by atoms with Crippen LogP contribution in [0.15, 0.2) is 206 Å². The van der Waals surface area contributed by atoms with E-state index in [1.54, 1.807) is 11.6 Å². The summed E-state index contributed by atoms with van der Waals surface area (Å²) in [5, 5.41) is 31.4. The molecule has 6 aromatic rings. The zero-order valence-corrected chi connectivity index (χ0v) is 34.0. The van der Waals surface area contributed by atoms with Gasteiger partial charge in [-0.2, -0.15) is 0 Å². The number of benzene rings is 6. The van der Waals surface area contributed by atoms with Gasteiger partial charge in [0.25, 0.3) is 0 Å². The third kappa shape index (κ3) is 11.9. The van der Waals surface area contributed by atoms with Gasteiger partial charge in [0.15, 0.2) is 0 Å². The fraction of sp³-hybridized carbons (Fsp3) is 0.0476. The van der Waals surface area contributed by atoms with Gasteiger partial charge in [0.2, 0.25) is 0 Å². The normalized spacial score (nSPS) is 11.7. The number of halogens is 1. The summed E-state index contributed by atoms with van der Waals surface area (Å²) in [4.78, 5) is 0. The molecule has 0 heterocycles. The van der Waals surface area contributed by atoms with Crippen molar-refractivity contribution in [1.82, 2.24) is 0 Å². The maximum absolute atomic E-state index is 12.3. The van der Waals surface area contributed by atoms with Gasteiger partial charge >= 0.3 is 22.4 Å². The first-order valence-corrected chi connectivity index (χ1v) is 21.1. The van der Waals surface area contributed by atoms with Crippen LogP contribution in [0.3, 0.4) is 0 Å². The van der Waals surface area contributed by atoms with E-state index < -0.39 is 24.8 Å². The monoisotopic (exact) mass is 964 g/mol. The zero-order valence-electron chi connectivity index (χ0n) is 29.3. The number of hydrogen-bond acceptors (Lipinski definition) is 8. The Morgan fingerprint density at radius 1 is 0.389 bits per heavy atom. The van der Waals surface area contributed by atoms with E-state index in [0.29, 0.717) is 0 Å². The molecule has 0 bridgehead atoms. The van der Waals surface area contributed by atoms with Crippen LogP contribution in [0.5, 0.6) is 0 Å². The van der Waals surface area contributed by atoms with Crippen molar-refractivity contribution in [3.63, 3.8) is 0 Å². The van der Waals surface area contributed by atoms with E-state index >= 15 is 0 Å². The predicted octanol–water partition coefficient (Wildman–Crippen LogP) is 0.814. The predicted molar refractivity (Wildman–Crippen MR) is 200 cm³/mol. The zero-order chi connectivity index (χ0) is 38.2. The molecule has 282 valence electrons. The number of hydrogen-bond donors (Lipinski definition) is 0. The third-order valence-electron chi connectivity index (χ3n) is 7.98. The van der Waals surface area contributed by atoms with E-state index in [9.17, 15) is 10.2 Å². The summed E-state index contributed by atoms with van der Waals surface area (Å²) in [6.07, 6.45) is 0. The molecule has 0 spiro atoms. The number of rotatable bonds is 10. The summed E-state index contributed by atoms with van der Waals surface area (Å²) < 4.78 is 44.0. The Balaban J connectivity index is 0.000000254. The van der Waals surface area contributed by atoms with Crippen LogP contribution in [0.25, 0.3) is 0 Å². The fourth-order valence-electron chi connectivity index (χ4n) is 5.74. The summed E-state index contributed by atoms with van der Waals surface area (Å²) in [7, 11) is -6.55. The van der Waals surface area contributed by atoms with Crippen molar-refractivity contribution in [3.05, 3.63) is 206 Å². The standard InChI is InChI=1S/2C21H19O2P.Au.ClHO4/c2*1-23-21(22)17-24(18-11-5-2-6-12-18,19-13-7-3-8-14-19)20-15-9-4-10-16-20;;2-1(3,4)5/h2*2-17H,1H3;;(H,2,3,4,5)/q;;+1;/p-1/b2*21-17+;;. The fourth-order valence-corrected chi connectivity index (χ4v) is 13.1. The molecule has 0 aliphatic rings. The molecule has 12 heteroatoms. The second-order valence-electron chi connectivity index (χ2n) is 11.1. The van der Waals surface area contributed by atoms with Gasteiger partial charge in [-0.3, -0.25) is 0 Å². The van der Waals surface area contributed by atoms with Crippen LogP contribution >= 0.6 is 14.5 Å². The Hall–Kier alpha value is -4.27. The molecule has 0 fully saturated rings. The smallest absolute Gasteiger partial charge is 0.614 e. The molecule has 0 amide bonds. The topological polar surface area (TPSA) is 157 Å². The molecule has 0 saturated heterocycles. The molecule has 6 aromatic carbocycles. The first-order chi connectivity index (χ1) is 25.5. The number of ether oxygens (including phenoxy) is 2. The van der Waals surface area contributed by atoms with Gasteiger partial charge in [-0.05, 0) is 87.0 Å². The van der Waals surface area contributed by atoms with Gasteiger partial charge in [0.05, 0.1) is 23.5 Å². The summed E-state index contributed by atoms with van der Waals surface area (Å²) >= 11 is 0. The van der Waals surface area contributed by atoms with E-state index in [1.165, 1.54) is 14.2 Å². The minimum atomic E-state index is -4.94. The maximum Gasteiger partial charge on any atom is 1.00 e. The van der Waals surface area contributed by atoms with E-state index in [-0.39, 0.29) is 34.3 Å². The number of methoxy groups -OCH3 is 2. The minimum Gasteiger partial charge on any atom is -0.614 e. The Kier molecular flexibility index (Phi) is 17.6. The Morgan fingerprint density at radius 3 is 0.667 bits per heavy atom. The first-order valence-electron chi connectivity index (χ1n) is 16.1. The second kappa shape index (κ2) is 21.6. The third-order valence-corrected chi connectivity index (χ3v) is 15.9. The van der Waals surface area contributed by atoms with Crippen molar-refractivity contribution in [2.45, 2.75) is 0 Å². The average molecular weight is 965 g/mol. The van der Waals surface area contributed by atoms with Crippen LogP contribution in [-0.4, -0.2) is 14.2 Å². The largest absolute Gasteiger partial charge is 1.00 e. The Labute approximate surface area is 335 Å². The maximum atomic E-state index is 12.3. The molecular formula is C42H38AuClO8P2. The van der Waals surface area contributed by atoms with Crippen molar-refractivity contribution in [3.8, 4) is 0 Å². The van der Waals surface area contributed by atoms with Crippen LogP contribution in [0.1, 0.15) is 0 Å². The van der Waals surface area contributed by atoms with Gasteiger partial charge < -0.3 is 19.7 Å². The summed E-state index contributed by atoms with van der Waals surface area (Å²) in [5.74, 6) is 2.93. The second-order valence-corrected chi connectivity index (χ2v) is 18.4. The van der Waals surface area contributed by atoms with E-state index in [0.717, 1.165) is 31.8 Å². The molecule has 0 aliphatic carbocycles. The molecule has 0 N–H and O–H groups in total. The van der Waals surface area contributed by atoms with Gasteiger partial charge in [0.1, 0.15) is 46.4 Å². The SMILES string of the molecule is CO/C([O-])=C/[P+](c1ccccc1)(c1ccccc1)c1ccccc1.CO/C([O-])=C/[P+](c1ccccc1)(c1ccccc1)c1ccccc1.[Au+].[O-][Cl+3]([O-])([O-])[O-]. The van der Waals surface area contributed by atoms with E-state index in [4.69, 9.17) is 28.1 Å².